The Hall–Kier alpha value is -1.68. The molecule has 0 bridgehead atoms. The summed E-state index contributed by atoms with van der Waals surface area (Å²) in [5.74, 6) is 0.838. The highest BCUT2D eigenvalue weighted by Gasteiger charge is 2.11. The van der Waals surface area contributed by atoms with Gasteiger partial charge in [-0.05, 0) is 60.7 Å². The molecule has 29 heavy (non-hydrogen) atoms. The zero-order chi connectivity index (χ0) is 20.5. The first-order valence-corrected chi connectivity index (χ1v) is 11.7. The molecule has 0 aliphatic carbocycles. The molecule has 0 saturated heterocycles. The zero-order valence-electron chi connectivity index (χ0n) is 16.2. The van der Waals surface area contributed by atoms with Gasteiger partial charge in [-0.25, -0.2) is 0 Å². The van der Waals surface area contributed by atoms with E-state index in [1.165, 1.54) is 15.0 Å². The Morgan fingerprint density at radius 2 is 2.00 bits per heavy atom. The highest BCUT2D eigenvalue weighted by molar-refractivity contribution is 14.1. The van der Waals surface area contributed by atoms with E-state index in [1.807, 2.05) is 6.07 Å². The minimum absolute atomic E-state index is 0.0165. The second-order valence-electron chi connectivity index (χ2n) is 6.73. The number of carbonyl (C=O) groups is 1. The van der Waals surface area contributed by atoms with Crippen LogP contribution in [0.4, 0.5) is 0 Å². The number of fused-ring (bicyclic) bond motifs is 1. The second-order valence-corrected chi connectivity index (χ2v) is 8.57. The number of ether oxygens (including phenoxy) is 1. The number of halogens is 1. The van der Waals surface area contributed by atoms with Crippen LogP contribution in [-0.4, -0.2) is 25.6 Å². The number of rotatable bonds is 11. The number of thiophene rings is 1. The van der Waals surface area contributed by atoms with Crippen LogP contribution < -0.4 is 19.3 Å². The summed E-state index contributed by atoms with van der Waals surface area (Å²) in [7, 11) is 0. The maximum atomic E-state index is 12.0. The maximum absolute atomic E-state index is 12.0. The first-order valence-electron chi connectivity index (χ1n) is 9.76. The molecule has 154 valence electrons. The van der Waals surface area contributed by atoms with Crippen LogP contribution in [0.15, 0.2) is 48.5 Å². The maximum Gasteiger partial charge on any atom is 0.220 e. The fourth-order valence-electron chi connectivity index (χ4n) is 3.00. The van der Waals surface area contributed by atoms with Gasteiger partial charge < -0.3 is 15.8 Å². The SMILES string of the molecule is NCCCC(=O)NCc1cc(-c2cc3ccccc3s2)ccc1OCCCNI. The quantitative estimate of drug-likeness (QED) is 0.195. The lowest BCUT2D eigenvalue weighted by atomic mass is 10.1. The minimum atomic E-state index is 0.0165. The lowest BCUT2D eigenvalue weighted by molar-refractivity contribution is -0.121. The van der Waals surface area contributed by atoms with E-state index in [9.17, 15) is 4.79 Å². The van der Waals surface area contributed by atoms with Crippen molar-refractivity contribution in [3.63, 3.8) is 0 Å². The van der Waals surface area contributed by atoms with Crippen molar-refractivity contribution in [3.8, 4) is 16.2 Å². The van der Waals surface area contributed by atoms with E-state index in [4.69, 9.17) is 10.5 Å². The average molecular weight is 523 g/mol. The number of nitrogens with two attached hydrogens (primary N) is 1. The van der Waals surface area contributed by atoms with Crippen molar-refractivity contribution in [3.05, 3.63) is 54.1 Å². The van der Waals surface area contributed by atoms with Gasteiger partial charge in [-0.15, -0.1) is 11.3 Å². The summed E-state index contributed by atoms with van der Waals surface area (Å²) in [6.07, 6.45) is 2.06. The minimum Gasteiger partial charge on any atom is -0.493 e. The van der Waals surface area contributed by atoms with Crippen LogP contribution in [0, 0.1) is 0 Å². The average Bonchev–Trinajstić information content (AvgIpc) is 3.18. The molecule has 2 aromatic carbocycles. The van der Waals surface area contributed by atoms with Gasteiger partial charge in [0, 0.05) is 57.5 Å². The van der Waals surface area contributed by atoms with Gasteiger partial charge in [-0.1, -0.05) is 18.2 Å². The molecule has 0 saturated carbocycles. The van der Waals surface area contributed by atoms with Crippen molar-refractivity contribution in [2.75, 3.05) is 19.7 Å². The Kier molecular flexibility index (Phi) is 8.72. The Bertz CT molecular complexity index is 912. The molecule has 5 nitrogen and oxygen atoms in total. The summed E-state index contributed by atoms with van der Waals surface area (Å²) < 4.78 is 10.4. The molecule has 1 amide bonds. The van der Waals surface area contributed by atoms with E-state index in [1.54, 1.807) is 11.3 Å². The normalized spacial score (nSPS) is 11.0. The number of hydrogen-bond acceptors (Lipinski definition) is 5. The van der Waals surface area contributed by atoms with Crippen molar-refractivity contribution < 1.29 is 9.53 Å². The van der Waals surface area contributed by atoms with E-state index in [-0.39, 0.29) is 5.91 Å². The molecule has 0 radical (unpaired) electrons. The van der Waals surface area contributed by atoms with Crippen LogP contribution in [0.3, 0.4) is 0 Å². The van der Waals surface area contributed by atoms with Crippen LogP contribution >= 0.6 is 34.2 Å². The molecule has 7 heteroatoms. The summed E-state index contributed by atoms with van der Waals surface area (Å²) in [5.41, 5.74) is 7.63. The predicted octanol–water partition coefficient (Wildman–Crippen LogP) is 4.63. The molecule has 4 N–H and O–H groups in total. The predicted molar refractivity (Wildman–Crippen MR) is 130 cm³/mol. The molecule has 0 aliphatic heterocycles. The third-order valence-corrected chi connectivity index (χ3v) is 6.23. The van der Waals surface area contributed by atoms with E-state index < -0.39 is 0 Å². The smallest absolute Gasteiger partial charge is 0.220 e. The van der Waals surface area contributed by atoms with E-state index in [2.05, 4.69) is 74.2 Å². The van der Waals surface area contributed by atoms with Gasteiger partial charge in [0.15, 0.2) is 0 Å². The van der Waals surface area contributed by atoms with Gasteiger partial charge in [0.2, 0.25) is 5.91 Å². The molecule has 1 aromatic heterocycles. The lowest BCUT2D eigenvalue weighted by Crippen LogP contribution is -2.23. The zero-order valence-corrected chi connectivity index (χ0v) is 19.2. The largest absolute Gasteiger partial charge is 0.493 e. The van der Waals surface area contributed by atoms with Gasteiger partial charge in [-0.3, -0.25) is 8.32 Å². The monoisotopic (exact) mass is 523 g/mol. The standard InChI is InChI=1S/C22H26IN3O2S/c23-26-11-4-12-28-19-9-8-17(13-18(19)15-25-22(27)7-3-10-24)21-14-16-5-1-2-6-20(16)29-21/h1-2,5-6,8-9,13-14,26H,3-4,7,10-12,15,24H2,(H,25,27). The van der Waals surface area contributed by atoms with Crippen LogP contribution in [0.25, 0.3) is 20.5 Å². The Morgan fingerprint density at radius 1 is 1.14 bits per heavy atom. The molecule has 3 rings (SSSR count). The Balaban J connectivity index is 1.79. The van der Waals surface area contributed by atoms with Crippen molar-refractivity contribution >= 4 is 50.2 Å². The molecule has 0 unspecified atom stereocenters. The van der Waals surface area contributed by atoms with E-state index in [0.29, 0.717) is 32.5 Å². The molecule has 1 heterocycles. The van der Waals surface area contributed by atoms with E-state index >= 15 is 0 Å². The third-order valence-electron chi connectivity index (χ3n) is 4.53. The molecular weight excluding hydrogens is 497 g/mol. The van der Waals surface area contributed by atoms with Gasteiger partial charge >= 0.3 is 0 Å². The van der Waals surface area contributed by atoms with Gasteiger partial charge in [0.05, 0.1) is 6.61 Å². The molecular formula is C22H26IN3O2S. The van der Waals surface area contributed by atoms with Crippen molar-refractivity contribution in [2.24, 2.45) is 5.73 Å². The number of benzene rings is 2. The molecule has 3 aromatic rings. The van der Waals surface area contributed by atoms with Gasteiger partial charge in [0.25, 0.3) is 0 Å². The first kappa shape index (κ1) is 22.0. The van der Waals surface area contributed by atoms with Gasteiger partial charge in [0.1, 0.15) is 5.75 Å². The van der Waals surface area contributed by atoms with Crippen LogP contribution in [0.5, 0.6) is 5.75 Å². The van der Waals surface area contributed by atoms with Crippen molar-refractivity contribution in [1.29, 1.82) is 0 Å². The Labute approximate surface area is 189 Å². The molecule has 0 spiro atoms. The summed E-state index contributed by atoms with van der Waals surface area (Å²) in [6, 6.07) is 16.8. The lowest BCUT2D eigenvalue weighted by Gasteiger charge is -2.14. The number of amides is 1. The number of hydrogen-bond donors (Lipinski definition) is 3. The van der Waals surface area contributed by atoms with Crippen LogP contribution in [-0.2, 0) is 11.3 Å². The van der Waals surface area contributed by atoms with Crippen LogP contribution in [0.1, 0.15) is 24.8 Å². The van der Waals surface area contributed by atoms with Crippen LogP contribution in [0.2, 0.25) is 0 Å². The second kappa shape index (κ2) is 11.5. The summed E-state index contributed by atoms with van der Waals surface area (Å²) in [5, 5.41) is 4.24. The van der Waals surface area contributed by atoms with Crippen molar-refractivity contribution in [2.45, 2.75) is 25.8 Å². The Morgan fingerprint density at radius 3 is 2.79 bits per heavy atom. The van der Waals surface area contributed by atoms with Crippen molar-refractivity contribution in [1.82, 2.24) is 8.85 Å². The molecule has 0 aliphatic rings. The summed E-state index contributed by atoms with van der Waals surface area (Å²) >= 11 is 3.91. The number of carbonyl (C=O) groups excluding carboxylic acids is 1. The fourth-order valence-corrected chi connectivity index (χ4v) is 4.44. The summed E-state index contributed by atoms with van der Waals surface area (Å²) in [6.45, 7) is 2.49. The highest BCUT2D eigenvalue weighted by Crippen LogP contribution is 2.35. The third kappa shape index (κ3) is 6.40. The molecule has 0 fully saturated rings. The number of nitrogens with one attached hydrogen (secondary N) is 2. The first-order chi connectivity index (χ1) is 14.2. The highest BCUT2D eigenvalue weighted by atomic mass is 127. The molecule has 0 atom stereocenters. The fraction of sp³-hybridized carbons (Fsp3) is 0.318. The van der Waals surface area contributed by atoms with E-state index in [0.717, 1.165) is 29.8 Å². The topological polar surface area (TPSA) is 76.4 Å². The van der Waals surface area contributed by atoms with Gasteiger partial charge in [-0.2, -0.15) is 0 Å². The summed E-state index contributed by atoms with van der Waals surface area (Å²) in [4.78, 5) is 13.3.